The van der Waals surface area contributed by atoms with Crippen LogP contribution in [0.2, 0.25) is 0 Å². The van der Waals surface area contributed by atoms with Crippen LogP contribution in [0.5, 0.6) is 0 Å². The molecule has 1 aliphatic heterocycles. The van der Waals surface area contributed by atoms with Gasteiger partial charge in [0.25, 0.3) is 5.91 Å². The highest BCUT2D eigenvalue weighted by Gasteiger charge is 2.32. The largest absolute Gasteiger partial charge is 0.545 e. The number of furan rings is 2. The minimum absolute atomic E-state index is 0.519. The zero-order chi connectivity index (χ0) is 15.5. The highest BCUT2D eigenvalue weighted by molar-refractivity contribution is 5.94. The third-order valence-electron chi connectivity index (χ3n) is 3.06. The van der Waals surface area contributed by atoms with Crippen LogP contribution in [0.15, 0.2) is 63.9 Å². The lowest BCUT2D eigenvalue weighted by atomic mass is 10.2. The van der Waals surface area contributed by atoms with Crippen LogP contribution in [0.1, 0.15) is 17.6 Å². The molecule has 0 aromatic carbocycles. The monoisotopic (exact) mass is 299 g/mol. The van der Waals surface area contributed by atoms with Crippen molar-refractivity contribution in [3.63, 3.8) is 0 Å². The molecule has 0 bridgehead atoms. The second kappa shape index (κ2) is 5.65. The smallest absolute Gasteiger partial charge is 0.265 e. The second-order valence-corrected chi connectivity index (χ2v) is 4.49. The summed E-state index contributed by atoms with van der Waals surface area (Å²) in [5.41, 5.74) is 3.47. The molecule has 1 amide bonds. The quantitative estimate of drug-likeness (QED) is 0.830. The van der Waals surface area contributed by atoms with E-state index in [0.29, 0.717) is 23.3 Å². The van der Waals surface area contributed by atoms with Crippen molar-refractivity contribution in [3.8, 4) is 0 Å². The molecule has 7 nitrogen and oxygen atoms in total. The molecule has 112 valence electrons. The number of hydrogen-bond acceptors (Lipinski definition) is 6. The third kappa shape index (κ3) is 2.64. The van der Waals surface area contributed by atoms with E-state index in [-0.39, 0.29) is 0 Å². The number of carbonyl (C=O) groups excluding carboxylic acids is 2. The lowest BCUT2D eigenvalue weighted by Crippen LogP contribution is -2.38. The van der Waals surface area contributed by atoms with Gasteiger partial charge in [-0.3, -0.25) is 10.2 Å². The number of carboxylic acids is 1. The number of hydrazine groups is 1. The number of carbonyl (C=O) groups is 2. The van der Waals surface area contributed by atoms with Crippen LogP contribution in [0, 0.1) is 0 Å². The average molecular weight is 299 g/mol. The van der Waals surface area contributed by atoms with E-state index in [1.165, 1.54) is 17.5 Å². The Labute approximate surface area is 125 Å². The average Bonchev–Trinajstić information content (AvgIpc) is 3.23. The Morgan fingerprint density at radius 3 is 2.59 bits per heavy atom. The van der Waals surface area contributed by atoms with Gasteiger partial charge in [0.2, 0.25) is 0 Å². The molecule has 3 heterocycles. The number of nitrogens with one attached hydrogen (secondary N) is 1. The fourth-order valence-electron chi connectivity index (χ4n) is 2.12. The third-order valence-corrected chi connectivity index (χ3v) is 3.06. The van der Waals surface area contributed by atoms with Gasteiger partial charge < -0.3 is 18.7 Å². The maximum atomic E-state index is 12.2. The minimum atomic E-state index is -1.44. The summed E-state index contributed by atoms with van der Waals surface area (Å²) in [4.78, 5) is 22.6. The molecule has 2 aromatic rings. The van der Waals surface area contributed by atoms with E-state index in [0.717, 1.165) is 6.08 Å². The molecular weight excluding hydrogens is 288 g/mol. The standard InChI is InChI=1S/C15H12N2O5/c18-14(5-6-15(19)20)17-11(13-4-2-8-22-13)9-10(16-17)12-3-1-7-21-12/h1-9,11,16H,(H,19,20)/p-1/t11-/m1/s1. The van der Waals surface area contributed by atoms with Crippen molar-refractivity contribution in [1.82, 2.24) is 10.4 Å². The Bertz CT molecular complexity index is 728. The van der Waals surface area contributed by atoms with Gasteiger partial charge in [0, 0.05) is 6.08 Å². The van der Waals surface area contributed by atoms with Crippen molar-refractivity contribution in [2.24, 2.45) is 0 Å². The van der Waals surface area contributed by atoms with E-state index in [9.17, 15) is 14.7 Å². The molecule has 1 N–H and O–H groups in total. The summed E-state index contributed by atoms with van der Waals surface area (Å²) < 4.78 is 10.6. The van der Waals surface area contributed by atoms with E-state index in [1.54, 1.807) is 30.3 Å². The Balaban J connectivity index is 1.89. The molecule has 2 aromatic heterocycles. The SMILES string of the molecule is O=C([O-])C=CC(=O)N1NC(c2ccco2)=C[C@@H]1c1ccco1. The van der Waals surface area contributed by atoms with Crippen molar-refractivity contribution in [2.75, 3.05) is 0 Å². The number of amides is 1. The normalized spacial score (nSPS) is 17.5. The Morgan fingerprint density at radius 2 is 1.95 bits per heavy atom. The maximum absolute atomic E-state index is 12.2. The van der Waals surface area contributed by atoms with Crippen molar-refractivity contribution < 1.29 is 23.5 Å². The molecule has 1 aliphatic rings. The van der Waals surface area contributed by atoms with Gasteiger partial charge in [0.15, 0.2) is 5.76 Å². The number of hydrogen-bond donors (Lipinski definition) is 1. The summed E-state index contributed by atoms with van der Waals surface area (Å²) in [6, 6.07) is 6.36. The number of carboxylic acid groups (broad SMARTS) is 1. The van der Waals surface area contributed by atoms with Gasteiger partial charge in [-0.25, -0.2) is 5.01 Å². The molecule has 0 aliphatic carbocycles. The summed E-state index contributed by atoms with van der Waals surface area (Å²) in [5.74, 6) is -0.912. The van der Waals surface area contributed by atoms with Gasteiger partial charge in [-0.05, 0) is 36.4 Å². The molecule has 3 rings (SSSR count). The fraction of sp³-hybridized carbons (Fsp3) is 0.0667. The van der Waals surface area contributed by atoms with Gasteiger partial charge in [0.05, 0.1) is 24.2 Å². The number of nitrogens with zero attached hydrogens (tertiary/aromatic N) is 1. The molecule has 1 atom stereocenters. The van der Waals surface area contributed by atoms with Gasteiger partial charge in [-0.2, -0.15) is 0 Å². The summed E-state index contributed by atoms with van der Waals surface area (Å²) in [6.45, 7) is 0. The first-order valence-corrected chi connectivity index (χ1v) is 6.43. The van der Waals surface area contributed by atoms with Gasteiger partial charge in [-0.15, -0.1) is 0 Å². The Morgan fingerprint density at radius 1 is 1.18 bits per heavy atom. The highest BCUT2D eigenvalue weighted by Crippen LogP contribution is 2.31. The fourth-order valence-corrected chi connectivity index (χ4v) is 2.12. The zero-order valence-electron chi connectivity index (χ0n) is 11.3. The Hall–Kier alpha value is -3.22. The molecule has 7 heteroatoms. The van der Waals surface area contributed by atoms with Crippen LogP contribution in [0.4, 0.5) is 0 Å². The second-order valence-electron chi connectivity index (χ2n) is 4.49. The van der Waals surface area contributed by atoms with Crippen LogP contribution in [-0.2, 0) is 9.59 Å². The number of rotatable bonds is 4. The van der Waals surface area contributed by atoms with E-state index in [4.69, 9.17) is 8.83 Å². The first-order valence-electron chi connectivity index (χ1n) is 6.43. The molecule has 0 unspecified atom stereocenters. The van der Waals surface area contributed by atoms with Crippen LogP contribution in [-0.4, -0.2) is 16.9 Å². The lowest BCUT2D eigenvalue weighted by Gasteiger charge is -2.22. The van der Waals surface area contributed by atoms with E-state index in [1.807, 2.05) is 0 Å². The van der Waals surface area contributed by atoms with E-state index >= 15 is 0 Å². The van der Waals surface area contributed by atoms with Crippen molar-refractivity contribution in [3.05, 3.63) is 66.5 Å². The predicted molar refractivity (Wildman–Crippen MR) is 72.3 cm³/mol. The maximum Gasteiger partial charge on any atom is 0.265 e. The molecule has 0 radical (unpaired) electrons. The van der Waals surface area contributed by atoms with Crippen molar-refractivity contribution in [1.29, 1.82) is 0 Å². The van der Waals surface area contributed by atoms with Crippen LogP contribution < -0.4 is 10.5 Å². The van der Waals surface area contributed by atoms with Crippen LogP contribution >= 0.6 is 0 Å². The van der Waals surface area contributed by atoms with E-state index < -0.39 is 17.9 Å². The van der Waals surface area contributed by atoms with Gasteiger partial charge in [0.1, 0.15) is 11.8 Å². The summed E-state index contributed by atoms with van der Waals surface area (Å²) in [5, 5.41) is 11.7. The highest BCUT2D eigenvalue weighted by atomic mass is 16.4. The summed E-state index contributed by atoms with van der Waals surface area (Å²) in [6.07, 6.45) is 6.35. The lowest BCUT2D eigenvalue weighted by molar-refractivity contribution is -0.297. The minimum Gasteiger partial charge on any atom is -0.545 e. The molecule has 22 heavy (non-hydrogen) atoms. The first-order chi connectivity index (χ1) is 10.6. The Kier molecular flexibility index (Phi) is 3.53. The number of aliphatic carboxylic acids is 1. The molecule has 0 saturated heterocycles. The predicted octanol–water partition coefficient (Wildman–Crippen LogP) is 0.608. The van der Waals surface area contributed by atoms with Crippen molar-refractivity contribution >= 4 is 17.6 Å². The molecular formula is C15H11N2O5-. The summed E-state index contributed by atoms with van der Waals surface area (Å²) >= 11 is 0. The molecule has 0 fully saturated rings. The van der Waals surface area contributed by atoms with Crippen molar-refractivity contribution in [2.45, 2.75) is 6.04 Å². The molecule has 0 saturated carbocycles. The summed E-state index contributed by atoms with van der Waals surface area (Å²) in [7, 11) is 0. The topological polar surface area (TPSA) is 98.8 Å². The van der Waals surface area contributed by atoms with Crippen LogP contribution in [0.3, 0.4) is 0 Å². The van der Waals surface area contributed by atoms with Gasteiger partial charge >= 0.3 is 0 Å². The van der Waals surface area contributed by atoms with Gasteiger partial charge in [-0.1, -0.05) is 0 Å². The first kappa shape index (κ1) is 13.7. The molecule has 0 spiro atoms. The zero-order valence-corrected chi connectivity index (χ0v) is 11.3. The van der Waals surface area contributed by atoms with Crippen LogP contribution in [0.25, 0.3) is 5.70 Å². The van der Waals surface area contributed by atoms with E-state index in [2.05, 4.69) is 5.43 Å².